The smallest absolute Gasteiger partial charge is 0.317 e. The Morgan fingerprint density at radius 1 is 1.07 bits per heavy atom. The van der Waals surface area contributed by atoms with E-state index in [9.17, 15) is 9.59 Å². The van der Waals surface area contributed by atoms with E-state index in [4.69, 9.17) is 4.52 Å². The van der Waals surface area contributed by atoms with Crippen LogP contribution in [0.25, 0.3) is 0 Å². The van der Waals surface area contributed by atoms with Crippen LogP contribution in [-0.4, -0.2) is 65.4 Å². The molecule has 1 saturated heterocycles. The molecule has 1 aromatic carbocycles. The van der Waals surface area contributed by atoms with Gasteiger partial charge in [-0.05, 0) is 32.9 Å². The van der Waals surface area contributed by atoms with E-state index in [1.165, 1.54) is 10.5 Å². The molecule has 7 nitrogen and oxygen atoms in total. The highest BCUT2D eigenvalue weighted by Gasteiger charge is 2.25. The van der Waals surface area contributed by atoms with Crippen molar-refractivity contribution in [2.24, 2.45) is 0 Å². The zero-order chi connectivity index (χ0) is 20.8. The van der Waals surface area contributed by atoms with Crippen molar-refractivity contribution >= 4 is 23.7 Å². The Labute approximate surface area is 175 Å². The van der Waals surface area contributed by atoms with E-state index in [0.29, 0.717) is 44.9 Å². The van der Waals surface area contributed by atoms with Crippen molar-refractivity contribution in [2.75, 3.05) is 38.5 Å². The van der Waals surface area contributed by atoms with Gasteiger partial charge in [0.15, 0.2) is 0 Å². The second-order valence-electron chi connectivity index (χ2n) is 7.24. The van der Waals surface area contributed by atoms with E-state index in [1.54, 1.807) is 16.7 Å². The van der Waals surface area contributed by atoms with Gasteiger partial charge in [-0.3, -0.25) is 4.79 Å². The first-order chi connectivity index (χ1) is 13.9. The first-order valence-electron chi connectivity index (χ1n) is 9.86. The molecule has 29 heavy (non-hydrogen) atoms. The zero-order valence-corrected chi connectivity index (χ0v) is 18.1. The number of rotatable bonds is 6. The molecule has 0 radical (unpaired) electrons. The summed E-state index contributed by atoms with van der Waals surface area (Å²) in [5.74, 6) is 1.57. The monoisotopic (exact) mass is 416 g/mol. The third-order valence-corrected chi connectivity index (χ3v) is 6.11. The zero-order valence-electron chi connectivity index (χ0n) is 17.2. The van der Waals surface area contributed by atoms with E-state index in [1.807, 2.05) is 18.7 Å². The lowest BCUT2D eigenvalue weighted by Gasteiger charge is -2.34. The van der Waals surface area contributed by atoms with Crippen LogP contribution in [-0.2, 0) is 11.2 Å². The molecule has 156 valence electrons. The lowest BCUT2D eigenvalue weighted by Crippen LogP contribution is -2.53. The minimum absolute atomic E-state index is 0.0500. The third-order valence-electron chi connectivity index (χ3n) is 5.10. The molecule has 1 aliphatic rings. The molecule has 1 aliphatic heterocycles. The van der Waals surface area contributed by atoms with Crippen LogP contribution in [0.15, 0.2) is 33.7 Å². The summed E-state index contributed by atoms with van der Waals surface area (Å²) in [6, 6.07) is 8.31. The number of aromatic nitrogens is 1. The average Bonchev–Trinajstić information content (AvgIpc) is 3.04. The molecule has 2 heterocycles. The Hall–Kier alpha value is -2.48. The molecule has 0 unspecified atom stereocenters. The summed E-state index contributed by atoms with van der Waals surface area (Å²) in [6.07, 6.45) is 0.295. The van der Waals surface area contributed by atoms with Crippen LogP contribution in [0.1, 0.15) is 22.6 Å². The summed E-state index contributed by atoms with van der Waals surface area (Å²) < 4.78 is 5.13. The fraction of sp³-hybridized carbons (Fsp3) is 0.476. The fourth-order valence-corrected chi connectivity index (χ4v) is 4.02. The van der Waals surface area contributed by atoms with Gasteiger partial charge in [-0.2, -0.15) is 0 Å². The molecule has 1 fully saturated rings. The molecule has 0 saturated carbocycles. The van der Waals surface area contributed by atoms with Crippen LogP contribution in [0.2, 0.25) is 0 Å². The van der Waals surface area contributed by atoms with Crippen molar-refractivity contribution in [2.45, 2.75) is 32.1 Å². The Bertz CT molecular complexity index is 823. The Kier molecular flexibility index (Phi) is 7.19. The molecule has 2 aromatic rings. The highest BCUT2D eigenvalue weighted by Crippen LogP contribution is 2.17. The number of thioether (sulfide) groups is 1. The van der Waals surface area contributed by atoms with Gasteiger partial charge in [-0.25, -0.2) is 4.79 Å². The number of amides is 3. The highest BCUT2D eigenvalue weighted by atomic mass is 32.2. The topological polar surface area (TPSA) is 78.7 Å². The van der Waals surface area contributed by atoms with Crippen LogP contribution < -0.4 is 5.32 Å². The van der Waals surface area contributed by atoms with Crippen molar-refractivity contribution < 1.29 is 14.1 Å². The minimum Gasteiger partial charge on any atom is -0.361 e. The van der Waals surface area contributed by atoms with Gasteiger partial charge in [0, 0.05) is 48.9 Å². The van der Waals surface area contributed by atoms with Crippen molar-refractivity contribution in [3.63, 3.8) is 0 Å². The number of urea groups is 1. The number of carbonyl (C=O) groups is 2. The summed E-state index contributed by atoms with van der Waals surface area (Å²) in [6.45, 7) is 8.54. The number of hydrogen-bond donors (Lipinski definition) is 1. The SMILES string of the molecule is Cc1ccc(SCCNC(=O)N2CCN(C(=O)Cc3c(C)noc3C)CC2)cc1. The van der Waals surface area contributed by atoms with E-state index in [-0.39, 0.29) is 11.9 Å². The predicted octanol–water partition coefficient (Wildman–Crippen LogP) is 2.79. The number of nitrogens with zero attached hydrogens (tertiary/aromatic N) is 3. The molecule has 0 atom stereocenters. The van der Waals surface area contributed by atoms with Crippen LogP contribution in [0.4, 0.5) is 4.79 Å². The molecule has 0 aliphatic carbocycles. The third kappa shape index (κ3) is 5.76. The Morgan fingerprint density at radius 2 is 1.72 bits per heavy atom. The van der Waals surface area contributed by atoms with E-state index < -0.39 is 0 Å². The van der Waals surface area contributed by atoms with Crippen LogP contribution in [0, 0.1) is 20.8 Å². The predicted molar refractivity (Wildman–Crippen MR) is 113 cm³/mol. The number of piperazine rings is 1. The standard InChI is InChI=1S/C21H28N4O3S/c1-15-4-6-18(7-5-15)29-13-8-22-21(27)25-11-9-24(10-12-25)20(26)14-19-16(2)23-28-17(19)3/h4-7H,8-14H2,1-3H3,(H,22,27). The molecule has 8 heteroatoms. The van der Waals surface area contributed by atoms with Gasteiger partial charge in [-0.15, -0.1) is 11.8 Å². The number of carbonyl (C=O) groups excluding carboxylic acids is 2. The van der Waals surface area contributed by atoms with E-state index in [2.05, 4.69) is 41.7 Å². The van der Waals surface area contributed by atoms with Crippen LogP contribution in [0.5, 0.6) is 0 Å². The number of hydrogen-bond acceptors (Lipinski definition) is 5. The average molecular weight is 417 g/mol. The molecule has 3 amide bonds. The number of aryl methyl sites for hydroxylation is 3. The quantitative estimate of drug-likeness (QED) is 0.579. The second-order valence-corrected chi connectivity index (χ2v) is 8.41. The maximum atomic E-state index is 12.5. The van der Waals surface area contributed by atoms with E-state index in [0.717, 1.165) is 17.0 Å². The molecule has 0 spiro atoms. The first kappa shape index (κ1) is 21.2. The molecule has 3 rings (SSSR count). The van der Waals surface area contributed by atoms with Crippen molar-refractivity contribution in [3.05, 3.63) is 46.8 Å². The van der Waals surface area contributed by atoms with Gasteiger partial charge in [0.25, 0.3) is 0 Å². The van der Waals surface area contributed by atoms with Crippen molar-refractivity contribution in [1.29, 1.82) is 0 Å². The Morgan fingerprint density at radius 3 is 2.34 bits per heavy atom. The van der Waals surface area contributed by atoms with Gasteiger partial charge in [-0.1, -0.05) is 22.9 Å². The van der Waals surface area contributed by atoms with Gasteiger partial charge in [0.1, 0.15) is 5.76 Å². The summed E-state index contributed by atoms with van der Waals surface area (Å²) in [5, 5.41) is 6.87. The van der Waals surface area contributed by atoms with Gasteiger partial charge < -0.3 is 19.6 Å². The van der Waals surface area contributed by atoms with Crippen LogP contribution >= 0.6 is 11.8 Å². The van der Waals surface area contributed by atoms with Crippen molar-refractivity contribution in [3.8, 4) is 0 Å². The molecular formula is C21H28N4O3S. The minimum atomic E-state index is -0.0627. The summed E-state index contributed by atoms with van der Waals surface area (Å²) >= 11 is 1.73. The van der Waals surface area contributed by atoms with Gasteiger partial charge in [0.2, 0.25) is 5.91 Å². The summed E-state index contributed by atoms with van der Waals surface area (Å²) in [5.41, 5.74) is 2.87. The van der Waals surface area contributed by atoms with E-state index >= 15 is 0 Å². The summed E-state index contributed by atoms with van der Waals surface area (Å²) in [4.78, 5) is 29.7. The highest BCUT2D eigenvalue weighted by molar-refractivity contribution is 7.99. The maximum Gasteiger partial charge on any atom is 0.317 e. The largest absolute Gasteiger partial charge is 0.361 e. The first-order valence-corrected chi connectivity index (χ1v) is 10.8. The molecule has 1 aromatic heterocycles. The summed E-state index contributed by atoms with van der Waals surface area (Å²) in [7, 11) is 0. The number of benzene rings is 1. The molecular weight excluding hydrogens is 388 g/mol. The molecule has 0 bridgehead atoms. The van der Waals surface area contributed by atoms with Crippen LogP contribution in [0.3, 0.4) is 0 Å². The van der Waals surface area contributed by atoms with Gasteiger partial charge >= 0.3 is 6.03 Å². The normalized spacial score (nSPS) is 14.2. The lowest BCUT2D eigenvalue weighted by molar-refractivity contribution is -0.131. The lowest BCUT2D eigenvalue weighted by atomic mass is 10.1. The van der Waals surface area contributed by atoms with Crippen molar-refractivity contribution in [1.82, 2.24) is 20.3 Å². The maximum absolute atomic E-state index is 12.5. The Balaban J connectivity index is 1.36. The fourth-order valence-electron chi connectivity index (χ4n) is 3.25. The molecule has 1 N–H and O–H groups in total. The second kappa shape index (κ2) is 9.82. The van der Waals surface area contributed by atoms with Gasteiger partial charge in [0.05, 0.1) is 12.1 Å². The number of nitrogens with one attached hydrogen (secondary N) is 1.